The minimum Gasteiger partial charge on any atom is -0.366 e. The zero-order valence-corrected chi connectivity index (χ0v) is 12.6. The second kappa shape index (κ2) is 8.92. The van der Waals surface area contributed by atoms with Crippen LogP contribution in [0.5, 0.6) is 0 Å². The van der Waals surface area contributed by atoms with E-state index in [1.54, 1.807) is 0 Å². The van der Waals surface area contributed by atoms with Crippen LogP contribution in [-0.4, -0.2) is 53.9 Å². The van der Waals surface area contributed by atoms with E-state index in [1.807, 2.05) is 0 Å². The first kappa shape index (κ1) is 17.8. The number of carbonyl (C=O) groups excluding carboxylic acids is 3. The summed E-state index contributed by atoms with van der Waals surface area (Å²) in [6.45, 7) is -0.875. The molecule has 0 spiro atoms. The first-order chi connectivity index (χ1) is 9.40. The van der Waals surface area contributed by atoms with E-state index in [0.29, 0.717) is 12.8 Å². The van der Waals surface area contributed by atoms with Gasteiger partial charge in [0, 0.05) is 0 Å². The van der Waals surface area contributed by atoms with E-state index < -0.39 is 34.0 Å². The monoisotopic (exact) mass is 346 g/mol. The van der Waals surface area contributed by atoms with Crippen LogP contribution in [0.2, 0.25) is 0 Å². The lowest BCUT2D eigenvalue weighted by Gasteiger charge is -2.24. The molecule has 1 rings (SSSR count). The van der Waals surface area contributed by atoms with Crippen molar-refractivity contribution in [3.8, 4) is 0 Å². The summed E-state index contributed by atoms with van der Waals surface area (Å²) >= 11 is 15.6. The van der Waals surface area contributed by atoms with Gasteiger partial charge in [-0.25, -0.2) is 0 Å². The molecular weight excluding hydrogens is 334 g/mol. The third-order valence-corrected chi connectivity index (χ3v) is 3.01. The predicted molar refractivity (Wildman–Crippen MR) is 71.0 cm³/mol. The molecule has 0 saturated heterocycles. The Morgan fingerprint density at radius 2 is 1.10 bits per heavy atom. The maximum Gasteiger partial charge on any atom is 0.247 e. The van der Waals surface area contributed by atoms with Gasteiger partial charge in [-0.1, -0.05) is 0 Å². The van der Waals surface area contributed by atoms with E-state index in [-0.39, 0.29) is 19.8 Å². The summed E-state index contributed by atoms with van der Waals surface area (Å²) < 4.78 is 15.9. The fourth-order valence-electron chi connectivity index (χ4n) is 1.97. The summed E-state index contributed by atoms with van der Waals surface area (Å²) in [6, 6.07) is 0. The molecule has 2 unspecified atom stereocenters. The van der Waals surface area contributed by atoms with Gasteiger partial charge in [0.2, 0.25) is 15.7 Å². The largest absolute Gasteiger partial charge is 0.366 e. The van der Waals surface area contributed by atoms with Gasteiger partial charge in [0.1, 0.15) is 25.9 Å². The van der Waals surface area contributed by atoms with Crippen molar-refractivity contribution in [3.63, 3.8) is 0 Å². The average Bonchev–Trinajstić information content (AvgIpc) is 2.73. The molecule has 0 aliphatic heterocycles. The van der Waals surface area contributed by atoms with Crippen molar-refractivity contribution in [2.75, 3.05) is 19.8 Å². The van der Waals surface area contributed by atoms with Gasteiger partial charge in [-0.05, 0) is 47.6 Å². The van der Waals surface area contributed by atoms with Crippen LogP contribution < -0.4 is 0 Å². The Kier molecular flexibility index (Phi) is 7.94. The van der Waals surface area contributed by atoms with Crippen molar-refractivity contribution in [1.29, 1.82) is 0 Å². The van der Waals surface area contributed by atoms with E-state index in [4.69, 9.17) is 49.0 Å². The van der Waals surface area contributed by atoms with Gasteiger partial charge in [0.15, 0.2) is 0 Å². The van der Waals surface area contributed by atoms with Gasteiger partial charge in [-0.15, -0.1) is 0 Å². The van der Waals surface area contributed by atoms with Crippen LogP contribution in [0.15, 0.2) is 0 Å². The summed E-state index contributed by atoms with van der Waals surface area (Å²) in [5.41, 5.74) is 0. The SMILES string of the molecule is O=C(Cl)COC1CCC(OCC(=O)Cl)C1OCC(=O)Cl. The smallest absolute Gasteiger partial charge is 0.247 e. The summed E-state index contributed by atoms with van der Waals surface area (Å²) in [5.74, 6) is 0. The molecule has 20 heavy (non-hydrogen) atoms. The van der Waals surface area contributed by atoms with Crippen LogP contribution in [0.1, 0.15) is 12.8 Å². The maximum absolute atomic E-state index is 10.8. The lowest BCUT2D eigenvalue weighted by molar-refractivity contribution is -0.139. The predicted octanol–water partition coefficient (Wildman–Crippen LogP) is 1.23. The van der Waals surface area contributed by atoms with Gasteiger partial charge in [-0.3, -0.25) is 14.4 Å². The Morgan fingerprint density at radius 1 is 0.750 bits per heavy atom. The topological polar surface area (TPSA) is 78.9 Å². The highest BCUT2D eigenvalue weighted by Crippen LogP contribution is 2.28. The van der Waals surface area contributed by atoms with Crippen molar-refractivity contribution in [2.24, 2.45) is 0 Å². The zero-order chi connectivity index (χ0) is 15.1. The molecule has 0 heterocycles. The minimum atomic E-state index is -0.670. The molecule has 0 radical (unpaired) electrons. The van der Waals surface area contributed by atoms with E-state index in [0.717, 1.165) is 0 Å². The average molecular weight is 348 g/mol. The third-order valence-electron chi connectivity index (χ3n) is 2.68. The summed E-state index contributed by atoms with van der Waals surface area (Å²) in [6.07, 6.45) is -0.489. The van der Waals surface area contributed by atoms with Gasteiger partial charge in [0.25, 0.3) is 0 Å². The molecule has 1 aliphatic carbocycles. The van der Waals surface area contributed by atoms with Gasteiger partial charge >= 0.3 is 0 Å². The van der Waals surface area contributed by atoms with Crippen LogP contribution in [0.3, 0.4) is 0 Å². The Hall–Kier alpha value is -0.240. The summed E-state index contributed by atoms with van der Waals surface area (Å²) in [5, 5.41) is -1.95. The fraction of sp³-hybridized carbons (Fsp3) is 0.727. The molecule has 114 valence electrons. The van der Waals surface area contributed by atoms with Crippen molar-refractivity contribution < 1.29 is 28.6 Å². The quantitative estimate of drug-likeness (QED) is 0.584. The minimum absolute atomic E-state index is 0.276. The third kappa shape index (κ3) is 6.47. The van der Waals surface area contributed by atoms with Gasteiger partial charge in [-0.2, -0.15) is 0 Å². The molecule has 0 bridgehead atoms. The second-order valence-electron chi connectivity index (χ2n) is 4.12. The van der Waals surface area contributed by atoms with Crippen LogP contribution in [-0.2, 0) is 28.6 Å². The summed E-state index contributed by atoms with van der Waals surface area (Å²) in [7, 11) is 0. The fourth-order valence-corrected chi connectivity index (χ4v) is 2.16. The Balaban J connectivity index is 2.57. The van der Waals surface area contributed by atoms with E-state index in [9.17, 15) is 14.4 Å². The van der Waals surface area contributed by atoms with Crippen LogP contribution in [0, 0.1) is 0 Å². The standard InChI is InChI=1S/C11H13Cl3O6/c12-8(15)3-18-6-1-2-7(19-4-9(13)16)11(6)20-5-10(14)17/h6-7,11H,1-5H2. The molecule has 6 nitrogen and oxygen atoms in total. The lowest BCUT2D eigenvalue weighted by atomic mass is 10.2. The number of halogens is 3. The van der Waals surface area contributed by atoms with E-state index in [1.165, 1.54) is 0 Å². The normalized spacial score (nSPS) is 25.6. The molecule has 0 N–H and O–H groups in total. The zero-order valence-electron chi connectivity index (χ0n) is 10.4. The van der Waals surface area contributed by atoms with Gasteiger partial charge in [0.05, 0.1) is 12.2 Å². The highest BCUT2D eigenvalue weighted by atomic mass is 35.5. The van der Waals surface area contributed by atoms with Crippen molar-refractivity contribution in [3.05, 3.63) is 0 Å². The number of rotatable bonds is 9. The van der Waals surface area contributed by atoms with Crippen LogP contribution >= 0.6 is 34.8 Å². The van der Waals surface area contributed by atoms with Crippen molar-refractivity contribution in [1.82, 2.24) is 0 Å². The molecule has 0 aromatic carbocycles. The molecule has 1 fully saturated rings. The lowest BCUT2D eigenvalue weighted by Crippen LogP contribution is -2.37. The second-order valence-corrected chi connectivity index (χ2v) is 5.38. The molecule has 0 aromatic rings. The van der Waals surface area contributed by atoms with Crippen molar-refractivity contribution >= 4 is 50.5 Å². The van der Waals surface area contributed by atoms with E-state index in [2.05, 4.69) is 0 Å². The maximum atomic E-state index is 10.8. The number of hydrogen-bond donors (Lipinski definition) is 0. The Morgan fingerprint density at radius 3 is 1.45 bits per heavy atom. The number of carbonyl (C=O) groups is 3. The molecule has 2 atom stereocenters. The first-order valence-corrected chi connectivity index (χ1v) is 6.93. The highest BCUT2D eigenvalue weighted by molar-refractivity contribution is 6.64. The van der Waals surface area contributed by atoms with Crippen LogP contribution in [0.4, 0.5) is 0 Å². The van der Waals surface area contributed by atoms with Crippen molar-refractivity contribution in [2.45, 2.75) is 31.2 Å². The summed E-state index contributed by atoms with van der Waals surface area (Å²) in [4.78, 5) is 32.2. The molecule has 0 aromatic heterocycles. The molecule has 1 saturated carbocycles. The first-order valence-electron chi connectivity index (χ1n) is 5.80. The number of ether oxygens (including phenoxy) is 3. The van der Waals surface area contributed by atoms with E-state index >= 15 is 0 Å². The molecule has 0 amide bonds. The Labute approximate surface area is 130 Å². The Bertz CT molecular complexity index is 349. The number of hydrogen-bond acceptors (Lipinski definition) is 6. The molecule has 1 aliphatic rings. The molecular formula is C11H13Cl3O6. The molecule has 9 heteroatoms. The van der Waals surface area contributed by atoms with Crippen LogP contribution in [0.25, 0.3) is 0 Å². The van der Waals surface area contributed by atoms with Gasteiger partial charge < -0.3 is 14.2 Å². The highest BCUT2D eigenvalue weighted by Gasteiger charge is 2.39.